The normalized spacial score (nSPS) is 22.7. The highest BCUT2D eigenvalue weighted by Crippen LogP contribution is 2.26. The number of hydrogen-bond donors (Lipinski definition) is 2. The fourth-order valence-electron chi connectivity index (χ4n) is 2.42. The number of hydrogen-bond acceptors (Lipinski definition) is 4. The molecule has 116 valence electrons. The average Bonchev–Trinajstić information content (AvgIpc) is 2.37. The van der Waals surface area contributed by atoms with Crippen LogP contribution in [0.3, 0.4) is 0 Å². The van der Waals surface area contributed by atoms with Gasteiger partial charge in [0, 0.05) is 23.8 Å². The molecule has 1 saturated carbocycles. The SMILES string of the molecule is CC(S)NC1CC(Oc2ccc(CC(=O)C(C)C)cc2)C1. The van der Waals surface area contributed by atoms with E-state index in [9.17, 15) is 4.79 Å². The van der Waals surface area contributed by atoms with Gasteiger partial charge >= 0.3 is 0 Å². The van der Waals surface area contributed by atoms with E-state index in [4.69, 9.17) is 4.74 Å². The first-order chi connectivity index (χ1) is 9.94. The third-order valence-corrected chi connectivity index (χ3v) is 3.97. The van der Waals surface area contributed by atoms with Crippen LogP contribution in [0.25, 0.3) is 0 Å². The monoisotopic (exact) mass is 307 g/mol. The van der Waals surface area contributed by atoms with Crippen LogP contribution in [0.2, 0.25) is 0 Å². The summed E-state index contributed by atoms with van der Waals surface area (Å²) in [5.41, 5.74) is 1.05. The zero-order valence-corrected chi connectivity index (χ0v) is 13.9. The molecule has 0 aliphatic heterocycles. The molecule has 4 heteroatoms. The number of ether oxygens (including phenoxy) is 1. The Bertz CT molecular complexity index is 464. The quantitative estimate of drug-likeness (QED) is 0.600. The summed E-state index contributed by atoms with van der Waals surface area (Å²) in [6.07, 6.45) is 2.85. The Balaban J connectivity index is 1.77. The molecule has 0 spiro atoms. The lowest BCUT2D eigenvalue weighted by molar-refractivity contribution is -0.121. The Morgan fingerprint density at radius 1 is 1.29 bits per heavy atom. The summed E-state index contributed by atoms with van der Waals surface area (Å²) >= 11 is 4.33. The Hall–Kier alpha value is -1.00. The van der Waals surface area contributed by atoms with Crippen LogP contribution in [-0.4, -0.2) is 23.3 Å². The van der Waals surface area contributed by atoms with Crippen molar-refractivity contribution in [2.45, 2.75) is 57.6 Å². The Morgan fingerprint density at radius 2 is 1.90 bits per heavy atom. The van der Waals surface area contributed by atoms with E-state index in [0.29, 0.717) is 12.5 Å². The van der Waals surface area contributed by atoms with Crippen molar-refractivity contribution in [3.63, 3.8) is 0 Å². The summed E-state index contributed by atoms with van der Waals surface area (Å²) in [4.78, 5) is 11.7. The van der Waals surface area contributed by atoms with Gasteiger partial charge in [0.25, 0.3) is 0 Å². The molecule has 1 unspecified atom stereocenters. The van der Waals surface area contributed by atoms with Crippen LogP contribution in [0.4, 0.5) is 0 Å². The van der Waals surface area contributed by atoms with Crippen molar-refractivity contribution in [1.29, 1.82) is 0 Å². The molecule has 1 N–H and O–H groups in total. The van der Waals surface area contributed by atoms with Crippen LogP contribution in [0, 0.1) is 5.92 Å². The maximum atomic E-state index is 11.7. The van der Waals surface area contributed by atoms with Crippen LogP contribution in [0.15, 0.2) is 24.3 Å². The molecule has 0 aromatic heterocycles. The highest BCUT2D eigenvalue weighted by Gasteiger charge is 2.31. The number of Topliss-reactive ketones (excluding diaryl/α,β-unsaturated/α-hetero) is 1. The van der Waals surface area contributed by atoms with Crippen LogP contribution < -0.4 is 10.1 Å². The van der Waals surface area contributed by atoms with Gasteiger partial charge in [-0.1, -0.05) is 26.0 Å². The molecule has 1 aromatic rings. The summed E-state index contributed by atoms with van der Waals surface area (Å²) < 4.78 is 5.92. The minimum atomic E-state index is 0.0922. The van der Waals surface area contributed by atoms with Crippen molar-refractivity contribution in [2.24, 2.45) is 5.92 Å². The standard InChI is InChI=1S/C17H25NO2S/c1-11(2)17(19)8-13-4-6-15(7-5-13)20-16-9-14(10-16)18-12(3)21/h4-7,11-12,14,16,18,21H,8-10H2,1-3H3. The molecule has 21 heavy (non-hydrogen) atoms. The molecule has 1 atom stereocenters. The summed E-state index contributed by atoms with van der Waals surface area (Å²) in [7, 11) is 0. The number of nitrogens with one attached hydrogen (secondary N) is 1. The van der Waals surface area contributed by atoms with Gasteiger partial charge in [-0.3, -0.25) is 4.79 Å². The fraction of sp³-hybridized carbons (Fsp3) is 0.588. The Labute approximate surface area is 132 Å². The van der Waals surface area contributed by atoms with Crippen molar-refractivity contribution in [3.05, 3.63) is 29.8 Å². The van der Waals surface area contributed by atoms with Crippen LogP contribution >= 0.6 is 12.6 Å². The molecule has 3 nitrogen and oxygen atoms in total. The van der Waals surface area contributed by atoms with Gasteiger partial charge in [-0.15, -0.1) is 0 Å². The molecular formula is C17H25NO2S. The highest BCUT2D eigenvalue weighted by atomic mass is 32.1. The lowest BCUT2D eigenvalue weighted by atomic mass is 9.89. The molecule has 0 bridgehead atoms. The van der Waals surface area contributed by atoms with Gasteiger partial charge in [-0.25, -0.2) is 0 Å². The van der Waals surface area contributed by atoms with E-state index in [0.717, 1.165) is 24.2 Å². The second-order valence-electron chi connectivity index (χ2n) is 6.19. The van der Waals surface area contributed by atoms with E-state index in [2.05, 4.69) is 17.9 Å². The fourth-order valence-corrected chi connectivity index (χ4v) is 2.63. The first-order valence-electron chi connectivity index (χ1n) is 7.66. The molecule has 1 aliphatic rings. The molecular weight excluding hydrogens is 282 g/mol. The number of carbonyl (C=O) groups excluding carboxylic acids is 1. The van der Waals surface area contributed by atoms with E-state index in [1.165, 1.54) is 0 Å². The van der Waals surface area contributed by atoms with Gasteiger partial charge in [0.05, 0.1) is 0 Å². The topological polar surface area (TPSA) is 38.3 Å². The zero-order valence-electron chi connectivity index (χ0n) is 13.0. The molecule has 0 saturated heterocycles. The van der Waals surface area contributed by atoms with Crippen molar-refractivity contribution >= 4 is 18.4 Å². The van der Waals surface area contributed by atoms with Gasteiger partial charge in [0.15, 0.2) is 0 Å². The Morgan fingerprint density at radius 3 is 2.43 bits per heavy atom. The minimum Gasteiger partial charge on any atom is -0.490 e. The van der Waals surface area contributed by atoms with Gasteiger partial charge < -0.3 is 10.1 Å². The second-order valence-corrected chi connectivity index (χ2v) is 6.97. The molecule has 0 heterocycles. The molecule has 2 rings (SSSR count). The highest BCUT2D eigenvalue weighted by molar-refractivity contribution is 7.80. The predicted molar refractivity (Wildman–Crippen MR) is 89.0 cm³/mol. The number of ketones is 1. The van der Waals surface area contributed by atoms with Crippen molar-refractivity contribution in [3.8, 4) is 5.75 Å². The summed E-state index contributed by atoms with van der Waals surface area (Å²) in [6.45, 7) is 5.91. The van der Waals surface area contributed by atoms with Gasteiger partial charge in [-0.05, 0) is 37.5 Å². The number of rotatable bonds is 7. The lowest BCUT2D eigenvalue weighted by Crippen LogP contribution is -2.48. The van der Waals surface area contributed by atoms with Crippen LogP contribution in [-0.2, 0) is 11.2 Å². The molecule has 1 aromatic carbocycles. The van der Waals surface area contributed by atoms with Gasteiger partial charge in [0.2, 0.25) is 0 Å². The summed E-state index contributed by atoms with van der Waals surface area (Å²) in [6, 6.07) is 8.42. The zero-order chi connectivity index (χ0) is 15.4. The van der Waals surface area contributed by atoms with Crippen molar-refractivity contribution < 1.29 is 9.53 Å². The molecule has 0 radical (unpaired) electrons. The summed E-state index contributed by atoms with van der Waals surface area (Å²) in [5, 5.41) is 3.61. The number of benzene rings is 1. The predicted octanol–water partition coefficient (Wildman–Crippen LogP) is 3.23. The molecule has 1 fully saturated rings. The molecule has 1 aliphatic carbocycles. The van der Waals surface area contributed by atoms with E-state index in [1.54, 1.807) is 0 Å². The smallest absolute Gasteiger partial charge is 0.139 e. The van der Waals surface area contributed by atoms with Gasteiger partial charge in [0.1, 0.15) is 17.6 Å². The van der Waals surface area contributed by atoms with E-state index >= 15 is 0 Å². The minimum absolute atomic E-state index is 0.0922. The third-order valence-electron chi connectivity index (χ3n) is 3.82. The largest absolute Gasteiger partial charge is 0.490 e. The van der Waals surface area contributed by atoms with Crippen LogP contribution in [0.1, 0.15) is 39.2 Å². The number of thiol groups is 1. The average molecular weight is 307 g/mol. The Kier molecular flexibility index (Phi) is 5.71. The van der Waals surface area contributed by atoms with E-state index in [1.807, 2.05) is 45.0 Å². The first kappa shape index (κ1) is 16.4. The molecule has 0 amide bonds. The second kappa shape index (κ2) is 7.32. The maximum Gasteiger partial charge on any atom is 0.139 e. The van der Waals surface area contributed by atoms with E-state index in [-0.39, 0.29) is 23.2 Å². The van der Waals surface area contributed by atoms with Gasteiger partial charge in [-0.2, -0.15) is 12.6 Å². The maximum absolute atomic E-state index is 11.7. The summed E-state index contributed by atoms with van der Waals surface area (Å²) in [5.74, 6) is 1.25. The van der Waals surface area contributed by atoms with Crippen molar-refractivity contribution in [2.75, 3.05) is 0 Å². The first-order valence-corrected chi connectivity index (χ1v) is 8.18. The van der Waals surface area contributed by atoms with E-state index < -0.39 is 0 Å². The lowest BCUT2D eigenvalue weighted by Gasteiger charge is -2.36. The third kappa shape index (κ3) is 5.04. The van der Waals surface area contributed by atoms with Crippen LogP contribution in [0.5, 0.6) is 5.75 Å². The number of carbonyl (C=O) groups is 1. The van der Waals surface area contributed by atoms with Crippen molar-refractivity contribution in [1.82, 2.24) is 5.32 Å².